The number of alkyl halides is 2. The van der Waals surface area contributed by atoms with Gasteiger partial charge in [0, 0.05) is 12.1 Å². The zero-order valence-electron chi connectivity index (χ0n) is 13.0. The predicted molar refractivity (Wildman–Crippen MR) is 82.3 cm³/mol. The van der Waals surface area contributed by atoms with Crippen molar-refractivity contribution >= 4 is 6.09 Å². The molecule has 1 N–H and O–H groups in total. The fourth-order valence-corrected chi connectivity index (χ4v) is 3.32. The summed E-state index contributed by atoms with van der Waals surface area (Å²) in [4.78, 5) is 13.7. The molecule has 126 valence electrons. The number of rotatable bonds is 4. The number of carbonyl (C=O) groups is 1. The van der Waals surface area contributed by atoms with Gasteiger partial charge < -0.3 is 10.1 Å². The molecule has 1 heterocycles. The number of hydrogen-bond donors (Lipinski definition) is 1. The molecule has 0 aromatic heterocycles. The molecule has 0 unspecified atom stereocenters. The summed E-state index contributed by atoms with van der Waals surface area (Å²) in [5.74, 6) is -2.50. The summed E-state index contributed by atoms with van der Waals surface area (Å²) in [5, 5.41) is 2.87. The maximum absolute atomic E-state index is 12.9. The first-order valence-corrected chi connectivity index (χ1v) is 8.11. The van der Waals surface area contributed by atoms with Gasteiger partial charge in [-0.25, -0.2) is 13.6 Å². The fraction of sp³-hybridized carbons (Fsp3) is 0.588. The second-order valence-electron chi connectivity index (χ2n) is 6.47. The van der Waals surface area contributed by atoms with E-state index in [2.05, 4.69) is 5.32 Å². The van der Waals surface area contributed by atoms with E-state index in [4.69, 9.17) is 4.74 Å². The molecule has 0 atom stereocenters. The minimum absolute atomic E-state index is 0.0799. The molecule has 6 heteroatoms. The molecule has 1 aromatic carbocycles. The van der Waals surface area contributed by atoms with Crippen LogP contribution >= 0.6 is 0 Å². The van der Waals surface area contributed by atoms with Gasteiger partial charge in [-0.2, -0.15) is 0 Å². The molecule has 1 aliphatic carbocycles. The van der Waals surface area contributed by atoms with Crippen molar-refractivity contribution in [3.63, 3.8) is 0 Å². The molecule has 2 aliphatic rings. The summed E-state index contributed by atoms with van der Waals surface area (Å²) in [7, 11) is 0. The average molecular weight is 324 g/mol. The maximum Gasteiger partial charge on any atom is 0.407 e. The second kappa shape index (κ2) is 6.83. The molecule has 0 spiro atoms. The number of benzene rings is 1. The van der Waals surface area contributed by atoms with E-state index < -0.39 is 12.0 Å². The minimum atomic E-state index is -2.50. The van der Waals surface area contributed by atoms with Gasteiger partial charge in [0.1, 0.15) is 6.61 Å². The summed E-state index contributed by atoms with van der Waals surface area (Å²) in [6.45, 7) is 0.0225. The Kier molecular flexibility index (Phi) is 4.80. The van der Waals surface area contributed by atoms with E-state index in [1.165, 1.54) is 0 Å². The van der Waals surface area contributed by atoms with Crippen LogP contribution in [0.5, 0.6) is 0 Å². The second-order valence-corrected chi connectivity index (χ2v) is 6.47. The Labute approximate surface area is 134 Å². The molecule has 1 aliphatic heterocycles. The van der Waals surface area contributed by atoms with Crippen LogP contribution in [0.1, 0.15) is 31.2 Å². The van der Waals surface area contributed by atoms with E-state index >= 15 is 0 Å². The van der Waals surface area contributed by atoms with Gasteiger partial charge in [-0.15, -0.1) is 0 Å². The van der Waals surface area contributed by atoms with E-state index in [0.29, 0.717) is 0 Å². The first-order chi connectivity index (χ1) is 11.0. The van der Waals surface area contributed by atoms with Crippen molar-refractivity contribution in [1.82, 2.24) is 10.2 Å². The minimum Gasteiger partial charge on any atom is -0.445 e. The SMILES string of the molecule is O=C(NC1CCC(N2CC(F)(F)C2)CC1)OCc1ccccc1. The van der Waals surface area contributed by atoms with Gasteiger partial charge in [0.05, 0.1) is 13.1 Å². The Bertz CT molecular complexity index is 523. The number of hydrogen-bond acceptors (Lipinski definition) is 3. The van der Waals surface area contributed by atoms with E-state index in [1.807, 2.05) is 35.2 Å². The van der Waals surface area contributed by atoms with Gasteiger partial charge in [0.2, 0.25) is 0 Å². The third kappa shape index (κ3) is 4.41. The molecule has 0 bridgehead atoms. The Morgan fingerprint density at radius 2 is 1.83 bits per heavy atom. The largest absolute Gasteiger partial charge is 0.445 e. The molecular weight excluding hydrogens is 302 g/mol. The first-order valence-electron chi connectivity index (χ1n) is 8.11. The molecule has 3 rings (SSSR count). The average Bonchev–Trinajstić information content (AvgIpc) is 2.52. The highest BCUT2D eigenvalue weighted by Gasteiger charge is 2.46. The first kappa shape index (κ1) is 16.2. The maximum atomic E-state index is 12.9. The van der Waals surface area contributed by atoms with Crippen molar-refractivity contribution in [2.24, 2.45) is 0 Å². The van der Waals surface area contributed by atoms with Crippen LogP contribution in [0.2, 0.25) is 0 Å². The van der Waals surface area contributed by atoms with Gasteiger partial charge in [-0.1, -0.05) is 30.3 Å². The third-order valence-corrected chi connectivity index (χ3v) is 4.62. The topological polar surface area (TPSA) is 41.6 Å². The summed E-state index contributed by atoms with van der Waals surface area (Å²) in [5.41, 5.74) is 0.949. The summed E-state index contributed by atoms with van der Waals surface area (Å²) < 4.78 is 31.0. The van der Waals surface area contributed by atoms with Crippen LogP contribution in [0.15, 0.2) is 30.3 Å². The lowest BCUT2D eigenvalue weighted by Crippen LogP contribution is -2.60. The van der Waals surface area contributed by atoms with E-state index in [1.54, 1.807) is 0 Å². The number of ether oxygens (including phenoxy) is 1. The highest BCUT2D eigenvalue weighted by atomic mass is 19.3. The van der Waals surface area contributed by atoms with Crippen LogP contribution in [0, 0.1) is 0 Å². The quantitative estimate of drug-likeness (QED) is 0.925. The summed E-state index contributed by atoms with van der Waals surface area (Å²) in [6, 6.07) is 9.83. The number of alkyl carbamates (subject to hydrolysis) is 1. The van der Waals surface area contributed by atoms with Crippen LogP contribution in [0.4, 0.5) is 13.6 Å². The Balaban J connectivity index is 1.35. The standard InChI is InChI=1S/C17H22F2N2O2/c18-17(19)11-21(12-17)15-8-6-14(7-9-15)20-16(22)23-10-13-4-2-1-3-5-13/h1-5,14-15H,6-12H2,(H,20,22). The Hall–Kier alpha value is -1.69. The molecule has 2 fully saturated rings. The lowest BCUT2D eigenvalue weighted by Gasteiger charge is -2.46. The molecule has 0 radical (unpaired) electrons. The third-order valence-electron chi connectivity index (χ3n) is 4.62. The van der Waals surface area contributed by atoms with Crippen LogP contribution in [0.25, 0.3) is 0 Å². The number of amides is 1. The van der Waals surface area contributed by atoms with Gasteiger partial charge in [0.25, 0.3) is 5.92 Å². The number of likely N-dealkylation sites (tertiary alicyclic amines) is 1. The van der Waals surface area contributed by atoms with Crippen molar-refractivity contribution < 1.29 is 18.3 Å². The van der Waals surface area contributed by atoms with Gasteiger partial charge in [-0.3, -0.25) is 4.90 Å². The molecule has 23 heavy (non-hydrogen) atoms. The van der Waals surface area contributed by atoms with Gasteiger partial charge >= 0.3 is 6.09 Å². The predicted octanol–water partition coefficient (Wildman–Crippen LogP) is 3.17. The van der Waals surface area contributed by atoms with Crippen molar-refractivity contribution in [2.45, 2.75) is 50.3 Å². The molecule has 4 nitrogen and oxygen atoms in total. The van der Waals surface area contributed by atoms with Crippen LogP contribution in [0.3, 0.4) is 0 Å². The van der Waals surface area contributed by atoms with Crippen LogP contribution in [-0.2, 0) is 11.3 Å². The lowest BCUT2D eigenvalue weighted by molar-refractivity contribution is -0.150. The number of nitrogens with one attached hydrogen (secondary N) is 1. The molecule has 1 amide bonds. The van der Waals surface area contributed by atoms with Crippen LogP contribution < -0.4 is 5.32 Å². The number of halogens is 2. The molecular formula is C17H22F2N2O2. The number of carbonyl (C=O) groups excluding carboxylic acids is 1. The zero-order valence-corrected chi connectivity index (χ0v) is 13.0. The highest BCUT2D eigenvalue weighted by Crippen LogP contribution is 2.33. The lowest BCUT2D eigenvalue weighted by atomic mass is 9.88. The fourth-order valence-electron chi connectivity index (χ4n) is 3.32. The van der Waals surface area contributed by atoms with Crippen LogP contribution in [-0.4, -0.2) is 42.1 Å². The van der Waals surface area contributed by atoms with Crippen molar-refractivity contribution in [1.29, 1.82) is 0 Å². The van der Waals surface area contributed by atoms with E-state index in [9.17, 15) is 13.6 Å². The molecule has 1 saturated heterocycles. The van der Waals surface area contributed by atoms with Gasteiger partial charge in [0.15, 0.2) is 0 Å². The Morgan fingerprint density at radius 3 is 2.43 bits per heavy atom. The van der Waals surface area contributed by atoms with Crippen molar-refractivity contribution in [3.05, 3.63) is 35.9 Å². The smallest absolute Gasteiger partial charge is 0.407 e. The monoisotopic (exact) mass is 324 g/mol. The van der Waals surface area contributed by atoms with Crippen molar-refractivity contribution in [2.75, 3.05) is 13.1 Å². The zero-order chi connectivity index (χ0) is 16.3. The number of nitrogens with zero attached hydrogens (tertiary/aromatic N) is 1. The molecule has 1 saturated carbocycles. The summed E-state index contributed by atoms with van der Waals surface area (Å²) >= 11 is 0. The Morgan fingerprint density at radius 1 is 1.17 bits per heavy atom. The van der Waals surface area contributed by atoms with E-state index in [0.717, 1.165) is 31.2 Å². The molecule has 1 aromatic rings. The summed E-state index contributed by atoms with van der Waals surface area (Å²) in [6.07, 6.45) is 2.91. The van der Waals surface area contributed by atoms with E-state index in [-0.39, 0.29) is 31.8 Å². The van der Waals surface area contributed by atoms with Crippen molar-refractivity contribution in [3.8, 4) is 0 Å². The normalized spacial score (nSPS) is 27.0. The highest BCUT2D eigenvalue weighted by molar-refractivity contribution is 5.67. The van der Waals surface area contributed by atoms with Gasteiger partial charge in [-0.05, 0) is 31.2 Å².